The van der Waals surface area contributed by atoms with Crippen molar-refractivity contribution in [2.45, 2.75) is 0 Å². The van der Waals surface area contributed by atoms with Crippen LogP contribution in [-0.4, -0.2) is 12.0 Å². The molecule has 0 bridgehead atoms. The molecule has 0 fully saturated rings. The number of rotatable bonds is 3. The summed E-state index contributed by atoms with van der Waals surface area (Å²) < 4.78 is 0. The van der Waals surface area contributed by atoms with E-state index in [0.29, 0.717) is 16.3 Å². The standard InChI is InChI=1S/C10H9ClOS/c11-10-6-8(2-1-5-13)3-4-9(10)7-12/h1-4,6-7,13H,5H2. The fourth-order valence-corrected chi connectivity index (χ4v) is 1.27. The van der Waals surface area contributed by atoms with Crippen LogP contribution in [0.25, 0.3) is 6.08 Å². The summed E-state index contributed by atoms with van der Waals surface area (Å²) in [4.78, 5) is 10.4. The third-order valence-corrected chi connectivity index (χ3v) is 2.11. The highest BCUT2D eigenvalue weighted by Gasteiger charge is 1.97. The van der Waals surface area contributed by atoms with E-state index in [1.54, 1.807) is 12.1 Å². The van der Waals surface area contributed by atoms with Crippen LogP contribution in [0.1, 0.15) is 15.9 Å². The smallest absolute Gasteiger partial charge is 0.151 e. The maximum absolute atomic E-state index is 10.4. The molecule has 0 spiro atoms. The molecule has 0 aliphatic rings. The van der Waals surface area contributed by atoms with Gasteiger partial charge in [-0.3, -0.25) is 4.79 Å². The fourth-order valence-electron chi connectivity index (χ4n) is 0.931. The molecule has 1 nitrogen and oxygen atoms in total. The first-order valence-corrected chi connectivity index (χ1v) is 4.81. The molecule has 0 heterocycles. The molecule has 0 atom stereocenters. The third kappa shape index (κ3) is 2.90. The van der Waals surface area contributed by atoms with Crippen LogP contribution in [0.2, 0.25) is 5.02 Å². The molecule has 68 valence electrons. The second-order valence-electron chi connectivity index (χ2n) is 2.48. The van der Waals surface area contributed by atoms with E-state index in [2.05, 4.69) is 12.6 Å². The lowest BCUT2D eigenvalue weighted by molar-refractivity contribution is 0.112. The first-order valence-electron chi connectivity index (χ1n) is 3.80. The maximum Gasteiger partial charge on any atom is 0.151 e. The lowest BCUT2D eigenvalue weighted by atomic mass is 10.1. The van der Waals surface area contributed by atoms with Gasteiger partial charge in [-0.25, -0.2) is 0 Å². The predicted molar refractivity (Wildman–Crippen MR) is 59.7 cm³/mol. The number of carbonyl (C=O) groups is 1. The molecular weight excluding hydrogens is 204 g/mol. The SMILES string of the molecule is O=Cc1ccc(C=CCS)cc1Cl. The van der Waals surface area contributed by atoms with Crippen molar-refractivity contribution in [3.8, 4) is 0 Å². The number of carbonyl (C=O) groups excluding carboxylic acids is 1. The first kappa shape index (κ1) is 10.4. The highest BCUT2D eigenvalue weighted by Crippen LogP contribution is 2.16. The molecule has 0 aromatic heterocycles. The van der Waals surface area contributed by atoms with Crippen LogP contribution in [0.15, 0.2) is 24.3 Å². The summed E-state index contributed by atoms with van der Waals surface area (Å²) in [5, 5.41) is 0.483. The molecule has 0 aliphatic heterocycles. The Morgan fingerprint density at radius 2 is 2.23 bits per heavy atom. The van der Waals surface area contributed by atoms with Crippen LogP contribution in [0.3, 0.4) is 0 Å². The summed E-state index contributed by atoms with van der Waals surface area (Å²) in [5.41, 5.74) is 1.49. The Kier molecular flexibility index (Phi) is 4.06. The van der Waals surface area contributed by atoms with Crippen molar-refractivity contribution in [1.82, 2.24) is 0 Å². The minimum Gasteiger partial charge on any atom is -0.298 e. The predicted octanol–water partition coefficient (Wildman–Crippen LogP) is 3.10. The Hall–Kier alpha value is -0.730. The van der Waals surface area contributed by atoms with Crippen LogP contribution in [0, 0.1) is 0 Å². The van der Waals surface area contributed by atoms with Crippen molar-refractivity contribution in [3.63, 3.8) is 0 Å². The molecule has 0 unspecified atom stereocenters. The molecule has 0 amide bonds. The minimum atomic E-state index is 0.483. The number of halogens is 1. The van der Waals surface area contributed by atoms with E-state index in [4.69, 9.17) is 11.6 Å². The van der Waals surface area contributed by atoms with Crippen LogP contribution in [-0.2, 0) is 0 Å². The maximum atomic E-state index is 10.4. The monoisotopic (exact) mass is 212 g/mol. The summed E-state index contributed by atoms with van der Waals surface area (Å²) in [7, 11) is 0. The molecule has 0 aliphatic carbocycles. The third-order valence-electron chi connectivity index (χ3n) is 1.57. The van der Waals surface area contributed by atoms with Gasteiger partial charge in [0.25, 0.3) is 0 Å². The zero-order chi connectivity index (χ0) is 9.68. The van der Waals surface area contributed by atoms with Gasteiger partial charge in [-0.15, -0.1) is 0 Å². The van der Waals surface area contributed by atoms with Crippen molar-refractivity contribution < 1.29 is 4.79 Å². The van der Waals surface area contributed by atoms with Crippen molar-refractivity contribution in [2.75, 3.05) is 5.75 Å². The Labute approximate surface area is 87.8 Å². The van der Waals surface area contributed by atoms with E-state index in [0.717, 1.165) is 11.8 Å². The minimum absolute atomic E-state index is 0.483. The summed E-state index contributed by atoms with van der Waals surface area (Å²) >= 11 is 9.86. The van der Waals surface area contributed by atoms with Crippen molar-refractivity contribution in [2.24, 2.45) is 0 Å². The van der Waals surface area contributed by atoms with E-state index in [1.165, 1.54) is 0 Å². The molecule has 0 N–H and O–H groups in total. The van der Waals surface area contributed by atoms with Gasteiger partial charge in [0.15, 0.2) is 6.29 Å². The molecule has 3 heteroatoms. The van der Waals surface area contributed by atoms with Crippen molar-refractivity contribution in [1.29, 1.82) is 0 Å². The van der Waals surface area contributed by atoms with E-state index in [9.17, 15) is 4.79 Å². The Morgan fingerprint density at radius 3 is 2.77 bits per heavy atom. The normalized spacial score (nSPS) is 10.6. The zero-order valence-corrected chi connectivity index (χ0v) is 8.55. The van der Waals surface area contributed by atoms with E-state index >= 15 is 0 Å². The van der Waals surface area contributed by atoms with Gasteiger partial charge in [0.2, 0.25) is 0 Å². The summed E-state index contributed by atoms with van der Waals surface area (Å²) in [6.07, 6.45) is 4.57. The second-order valence-corrected chi connectivity index (χ2v) is 3.26. The van der Waals surface area contributed by atoms with Gasteiger partial charge >= 0.3 is 0 Å². The lowest BCUT2D eigenvalue weighted by Gasteiger charge is -1.97. The molecule has 1 aromatic carbocycles. The fraction of sp³-hybridized carbons (Fsp3) is 0.100. The van der Waals surface area contributed by atoms with Gasteiger partial charge < -0.3 is 0 Å². The van der Waals surface area contributed by atoms with Gasteiger partial charge in [0.1, 0.15) is 0 Å². The molecule has 0 radical (unpaired) electrons. The summed E-state index contributed by atoms with van der Waals surface area (Å²) in [5.74, 6) is 0.688. The van der Waals surface area contributed by atoms with Gasteiger partial charge in [-0.2, -0.15) is 12.6 Å². The number of hydrogen-bond donors (Lipinski definition) is 1. The van der Waals surface area contributed by atoms with Crippen molar-refractivity contribution in [3.05, 3.63) is 40.4 Å². The van der Waals surface area contributed by atoms with Crippen LogP contribution >= 0.6 is 24.2 Å². The summed E-state index contributed by atoms with van der Waals surface area (Å²) in [6, 6.07) is 5.30. The van der Waals surface area contributed by atoms with Gasteiger partial charge in [-0.05, 0) is 17.7 Å². The number of thiol groups is 1. The molecular formula is C10H9ClOS. The molecule has 1 aromatic rings. The Bertz CT molecular complexity index is 334. The number of aldehydes is 1. The molecule has 13 heavy (non-hydrogen) atoms. The van der Waals surface area contributed by atoms with Gasteiger partial charge in [0.05, 0.1) is 5.02 Å². The Morgan fingerprint density at radius 1 is 1.46 bits per heavy atom. The zero-order valence-electron chi connectivity index (χ0n) is 6.90. The molecule has 1 rings (SSSR count). The number of benzene rings is 1. The van der Waals surface area contributed by atoms with Gasteiger partial charge in [0, 0.05) is 11.3 Å². The first-order chi connectivity index (χ1) is 6.27. The molecule has 0 saturated carbocycles. The lowest BCUT2D eigenvalue weighted by Crippen LogP contribution is -1.82. The van der Waals surface area contributed by atoms with Crippen LogP contribution in [0.5, 0.6) is 0 Å². The van der Waals surface area contributed by atoms with E-state index < -0.39 is 0 Å². The van der Waals surface area contributed by atoms with E-state index in [1.807, 2.05) is 18.2 Å². The highest BCUT2D eigenvalue weighted by molar-refractivity contribution is 7.80. The van der Waals surface area contributed by atoms with Crippen molar-refractivity contribution >= 4 is 36.6 Å². The average Bonchev–Trinajstić information content (AvgIpc) is 2.15. The highest BCUT2D eigenvalue weighted by atomic mass is 35.5. The number of hydrogen-bond acceptors (Lipinski definition) is 2. The van der Waals surface area contributed by atoms with Crippen LogP contribution < -0.4 is 0 Å². The largest absolute Gasteiger partial charge is 0.298 e. The summed E-state index contributed by atoms with van der Waals surface area (Å²) in [6.45, 7) is 0. The quantitative estimate of drug-likeness (QED) is 0.602. The second kappa shape index (κ2) is 5.10. The van der Waals surface area contributed by atoms with E-state index in [-0.39, 0.29) is 0 Å². The van der Waals surface area contributed by atoms with Gasteiger partial charge in [-0.1, -0.05) is 29.8 Å². The average molecular weight is 213 g/mol. The van der Waals surface area contributed by atoms with Crippen LogP contribution in [0.4, 0.5) is 0 Å². The Balaban J connectivity index is 2.95. The molecule has 0 saturated heterocycles. The topological polar surface area (TPSA) is 17.1 Å².